The van der Waals surface area contributed by atoms with Crippen LogP contribution in [-0.4, -0.2) is 64.8 Å². The molecule has 5 rings (SSSR count). The second kappa shape index (κ2) is 8.08. The van der Waals surface area contributed by atoms with Crippen LogP contribution in [0.25, 0.3) is 0 Å². The van der Waals surface area contributed by atoms with Crippen LogP contribution in [-0.2, 0) is 11.3 Å². The molecule has 3 aromatic rings. The minimum Gasteiger partial charge on any atom is -0.489 e. The third kappa shape index (κ3) is 3.50. The number of rotatable bonds is 3. The van der Waals surface area contributed by atoms with Gasteiger partial charge in [-0.1, -0.05) is 42.5 Å². The van der Waals surface area contributed by atoms with Crippen molar-refractivity contribution in [1.82, 2.24) is 25.0 Å². The normalized spacial score (nSPS) is 20.7. The maximum atomic E-state index is 13.0. The summed E-state index contributed by atoms with van der Waals surface area (Å²) >= 11 is 0. The summed E-state index contributed by atoms with van der Waals surface area (Å²) in [5, 5.41) is 7.19. The van der Waals surface area contributed by atoms with Crippen LogP contribution in [0.3, 0.4) is 0 Å². The molecule has 1 aromatic heterocycles. The van der Waals surface area contributed by atoms with Crippen molar-refractivity contribution >= 4 is 17.5 Å². The summed E-state index contributed by atoms with van der Waals surface area (Å²) in [5.41, 5.74) is 1.75. The van der Waals surface area contributed by atoms with Crippen LogP contribution in [0.1, 0.15) is 28.0 Å². The highest BCUT2D eigenvalue weighted by atomic mass is 16.5. The second-order valence-electron chi connectivity index (χ2n) is 8.01. The number of carbonyl (C=O) groups is 2. The van der Waals surface area contributed by atoms with Gasteiger partial charge in [-0.15, -0.1) is 5.10 Å². The lowest BCUT2D eigenvalue weighted by Gasteiger charge is -2.32. The molecule has 0 bridgehead atoms. The van der Waals surface area contributed by atoms with Gasteiger partial charge in [-0.3, -0.25) is 14.5 Å². The fraction of sp³-hybridized carbons (Fsp3) is 0.304. The predicted molar refractivity (Wildman–Crippen MR) is 118 cm³/mol. The van der Waals surface area contributed by atoms with E-state index in [0.717, 1.165) is 12.1 Å². The van der Waals surface area contributed by atoms with Crippen LogP contribution in [0.4, 0.5) is 5.69 Å². The van der Waals surface area contributed by atoms with E-state index < -0.39 is 11.9 Å². The molecule has 9 heteroatoms. The summed E-state index contributed by atoms with van der Waals surface area (Å²) < 4.78 is 7.56. The number of benzene rings is 2. The van der Waals surface area contributed by atoms with E-state index in [0.29, 0.717) is 23.8 Å². The third-order valence-corrected chi connectivity index (χ3v) is 5.93. The molecule has 2 atom stereocenters. The topological polar surface area (TPSA) is 92.6 Å². The first kappa shape index (κ1) is 20.2. The molecule has 0 fully saturated rings. The standard InChI is InChI=1S/C23H24N6O3/c1-27-12-13-29-21(19(27)15-8-4-3-5-9-15)25-20(26-29)22(30)24-16-14-32-18-11-7-6-10-17(18)28(2)23(16)31/h3-11,16,19H,12-14H2,1-2H3,(H,24,30). The molecule has 3 heterocycles. The van der Waals surface area contributed by atoms with Gasteiger partial charge < -0.3 is 15.0 Å². The Labute approximate surface area is 185 Å². The van der Waals surface area contributed by atoms with Crippen LogP contribution in [0.2, 0.25) is 0 Å². The van der Waals surface area contributed by atoms with Gasteiger partial charge in [-0.2, -0.15) is 0 Å². The van der Waals surface area contributed by atoms with Crippen LogP contribution in [0.5, 0.6) is 5.75 Å². The third-order valence-electron chi connectivity index (χ3n) is 5.93. The minimum absolute atomic E-state index is 0.0366. The van der Waals surface area contributed by atoms with Crippen molar-refractivity contribution in [2.24, 2.45) is 0 Å². The highest BCUT2D eigenvalue weighted by Crippen LogP contribution is 2.31. The molecule has 2 amide bonds. The number of para-hydroxylation sites is 2. The number of nitrogens with zero attached hydrogens (tertiary/aromatic N) is 5. The molecule has 1 N–H and O–H groups in total. The number of amides is 2. The van der Waals surface area contributed by atoms with Crippen molar-refractivity contribution in [3.05, 3.63) is 71.8 Å². The molecule has 9 nitrogen and oxygen atoms in total. The van der Waals surface area contributed by atoms with Crippen molar-refractivity contribution in [3.8, 4) is 5.75 Å². The molecule has 0 aliphatic carbocycles. The molecule has 0 spiro atoms. The molecule has 2 unspecified atom stereocenters. The van der Waals surface area contributed by atoms with E-state index in [-0.39, 0.29) is 24.4 Å². The number of nitrogens with one attached hydrogen (secondary N) is 1. The van der Waals surface area contributed by atoms with Crippen molar-refractivity contribution < 1.29 is 14.3 Å². The summed E-state index contributed by atoms with van der Waals surface area (Å²) in [6.45, 7) is 1.46. The number of anilines is 1. The summed E-state index contributed by atoms with van der Waals surface area (Å²) in [4.78, 5) is 34.2. The van der Waals surface area contributed by atoms with E-state index in [1.54, 1.807) is 17.8 Å². The van der Waals surface area contributed by atoms with Crippen LogP contribution in [0, 0.1) is 0 Å². The molecule has 2 aromatic carbocycles. The lowest BCUT2D eigenvalue weighted by atomic mass is 10.0. The van der Waals surface area contributed by atoms with Crippen molar-refractivity contribution in [3.63, 3.8) is 0 Å². The molecule has 164 valence electrons. The number of fused-ring (bicyclic) bond motifs is 2. The predicted octanol–water partition coefficient (Wildman–Crippen LogP) is 1.47. The number of aromatic nitrogens is 3. The first-order chi connectivity index (χ1) is 15.5. The van der Waals surface area contributed by atoms with Crippen molar-refractivity contribution in [1.29, 1.82) is 0 Å². The smallest absolute Gasteiger partial charge is 0.291 e. The number of hydrogen-bond acceptors (Lipinski definition) is 6. The fourth-order valence-electron chi connectivity index (χ4n) is 4.21. The molecule has 0 saturated carbocycles. The molecule has 0 radical (unpaired) electrons. The lowest BCUT2D eigenvalue weighted by Crippen LogP contribution is -2.49. The second-order valence-corrected chi connectivity index (χ2v) is 8.01. The van der Waals surface area contributed by atoms with E-state index >= 15 is 0 Å². The molecular formula is C23H24N6O3. The average Bonchev–Trinajstić information content (AvgIpc) is 3.21. The molecule has 32 heavy (non-hydrogen) atoms. The van der Waals surface area contributed by atoms with Gasteiger partial charge in [0, 0.05) is 13.6 Å². The monoisotopic (exact) mass is 432 g/mol. The summed E-state index contributed by atoms with van der Waals surface area (Å²) in [6.07, 6.45) is 0. The molecule has 0 saturated heterocycles. The van der Waals surface area contributed by atoms with Gasteiger partial charge in [0.05, 0.1) is 18.3 Å². The summed E-state index contributed by atoms with van der Waals surface area (Å²) in [5.74, 6) is 0.609. The Balaban J connectivity index is 1.38. The first-order valence-corrected chi connectivity index (χ1v) is 10.5. The molecular weight excluding hydrogens is 408 g/mol. The Morgan fingerprint density at radius 1 is 1.06 bits per heavy atom. The number of carbonyl (C=O) groups excluding carboxylic acids is 2. The summed E-state index contributed by atoms with van der Waals surface area (Å²) in [6, 6.07) is 16.4. The van der Waals surface area contributed by atoms with Gasteiger partial charge in [0.2, 0.25) is 5.82 Å². The number of ether oxygens (including phenoxy) is 1. The fourth-order valence-corrected chi connectivity index (χ4v) is 4.21. The van der Waals surface area contributed by atoms with Gasteiger partial charge in [0.25, 0.3) is 11.8 Å². The largest absolute Gasteiger partial charge is 0.489 e. The Morgan fingerprint density at radius 3 is 2.62 bits per heavy atom. The van der Waals surface area contributed by atoms with E-state index in [1.807, 2.05) is 55.6 Å². The number of hydrogen-bond donors (Lipinski definition) is 1. The van der Waals surface area contributed by atoms with E-state index in [1.165, 1.54) is 4.90 Å². The van der Waals surface area contributed by atoms with Crippen molar-refractivity contribution in [2.45, 2.75) is 18.6 Å². The Kier molecular flexibility index (Phi) is 5.10. The van der Waals surface area contributed by atoms with E-state index in [4.69, 9.17) is 4.74 Å². The Morgan fingerprint density at radius 2 is 1.81 bits per heavy atom. The zero-order valence-corrected chi connectivity index (χ0v) is 17.9. The maximum Gasteiger partial charge on any atom is 0.291 e. The van der Waals surface area contributed by atoms with E-state index in [9.17, 15) is 9.59 Å². The highest BCUT2D eigenvalue weighted by Gasteiger charge is 2.34. The average molecular weight is 432 g/mol. The SMILES string of the molecule is CN1C(=O)C(NC(=O)c2nc3n(n2)CCN(C)C3c2ccccc2)COc2ccccc21. The van der Waals surface area contributed by atoms with Crippen LogP contribution < -0.4 is 15.0 Å². The van der Waals surface area contributed by atoms with Gasteiger partial charge >= 0.3 is 0 Å². The first-order valence-electron chi connectivity index (χ1n) is 10.5. The lowest BCUT2D eigenvalue weighted by molar-refractivity contribution is -0.120. The Bertz CT molecular complexity index is 1160. The summed E-state index contributed by atoms with van der Waals surface area (Å²) in [7, 11) is 3.70. The van der Waals surface area contributed by atoms with Gasteiger partial charge in [-0.25, -0.2) is 9.67 Å². The minimum atomic E-state index is -0.840. The quantitative estimate of drug-likeness (QED) is 0.674. The van der Waals surface area contributed by atoms with Crippen molar-refractivity contribution in [2.75, 3.05) is 32.1 Å². The zero-order chi connectivity index (χ0) is 22.2. The van der Waals surface area contributed by atoms with E-state index in [2.05, 4.69) is 20.3 Å². The van der Waals surface area contributed by atoms with Crippen LogP contribution >= 0.6 is 0 Å². The molecule has 2 aliphatic rings. The molecule has 2 aliphatic heterocycles. The van der Waals surface area contributed by atoms with Gasteiger partial charge in [-0.05, 0) is 24.7 Å². The maximum absolute atomic E-state index is 13.0. The zero-order valence-electron chi connectivity index (χ0n) is 17.9. The van der Waals surface area contributed by atoms with Crippen LogP contribution in [0.15, 0.2) is 54.6 Å². The van der Waals surface area contributed by atoms with Gasteiger partial charge in [0.1, 0.15) is 24.2 Å². The number of likely N-dealkylation sites (N-methyl/N-ethyl adjacent to an activating group) is 2. The highest BCUT2D eigenvalue weighted by molar-refractivity contribution is 6.02. The van der Waals surface area contributed by atoms with Gasteiger partial charge in [0.15, 0.2) is 0 Å². The Hall–Kier alpha value is -3.72.